The summed E-state index contributed by atoms with van der Waals surface area (Å²) in [5, 5.41) is 0. The number of benzene rings is 2. The maximum absolute atomic E-state index is 13.1. The highest BCUT2D eigenvalue weighted by molar-refractivity contribution is 5.95. The molecule has 2 aromatic rings. The molecule has 0 unspecified atom stereocenters. The smallest absolute Gasteiger partial charge is 0.254 e. The van der Waals surface area contributed by atoms with Gasteiger partial charge in [0.05, 0.1) is 19.3 Å². The zero-order valence-electron chi connectivity index (χ0n) is 18.3. The number of amides is 2. The van der Waals surface area contributed by atoms with Crippen molar-refractivity contribution in [2.45, 2.75) is 32.7 Å². The van der Waals surface area contributed by atoms with E-state index in [2.05, 4.69) is 6.07 Å². The molecule has 4 rings (SSSR count). The van der Waals surface area contributed by atoms with Crippen molar-refractivity contribution in [3.8, 4) is 5.75 Å². The summed E-state index contributed by atoms with van der Waals surface area (Å²) in [4.78, 5) is 29.4. The zero-order chi connectivity index (χ0) is 21.8. The molecule has 0 bridgehead atoms. The van der Waals surface area contributed by atoms with Crippen LogP contribution in [-0.4, -0.2) is 67.1 Å². The van der Waals surface area contributed by atoms with Crippen LogP contribution in [0.1, 0.15) is 44.7 Å². The molecule has 2 fully saturated rings. The summed E-state index contributed by atoms with van der Waals surface area (Å²) < 4.78 is 11.3. The van der Waals surface area contributed by atoms with E-state index < -0.39 is 0 Å². The first kappa shape index (κ1) is 21.4. The molecule has 0 saturated carbocycles. The molecular formula is C25H30N2O4. The Balaban J connectivity index is 1.35. The molecule has 0 radical (unpaired) electrons. The second-order valence-corrected chi connectivity index (χ2v) is 8.41. The minimum atomic E-state index is 0.0239. The van der Waals surface area contributed by atoms with E-state index in [1.807, 2.05) is 47.9 Å². The fourth-order valence-corrected chi connectivity index (χ4v) is 4.38. The van der Waals surface area contributed by atoms with Gasteiger partial charge in [0, 0.05) is 30.8 Å². The maximum Gasteiger partial charge on any atom is 0.254 e. The van der Waals surface area contributed by atoms with Gasteiger partial charge in [0.2, 0.25) is 0 Å². The van der Waals surface area contributed by atoms with Gasteiger partial charge in [-0.1, -0.05) is 17.2 Å². The van der Waals surface area contributed by atoms with Crippen LogP contribution in [0.4, 0.5) is 0 Å². The number of ether oxygens (including phenoxy) is 2. The third-order valence-electron chi connectivity index (χ3n) is 5.95. The van der Waals surface area contributed by atoms with E-state index in [1.54, 1.807) is 12.1 Å². The van der Waals surface area contributed by atoms with Gasteiger partial charge in [-0.2, -0.15) is 0 Å². The van der Waals surface area contributed by atoms with Crippen molar-refractivity contribution in [1.82, 2.24) is 9.80 Å². The van der Waals surface area contributed by atoms with Crippen LogP contribution in [0.15, 0.2) is 42.5 Å². The highest BCUT2D eigenvalue weighted by Crippen LogP contribution is 2.23. The lowest BCUT2D eigenvalue weighted by atomic mass is 10.1. The van der Waals surface area contributed by atoms with Crippen LogP contribution in [0, 0.1) is 13.8 Å². The fraction of sp³-hybridized carbons (Fsp3) is 0.440. The first-order chi connectivity index (χ1) is 15.0. The molecule has 6 nitrogen and oxygen atoms in total. The lowest BCUT2D eigenvalue weighted by molar-refractivity contribution is 0.0303. The highest BCUT2D eigenvalue weighted by atomic mass is 16.5. The maximum atomic E-state index is 13.1. The first-order valence-corrected chi connectivity index (χ1v) is 11.0. The lowest BCUT2D eigenvalue weighted by Gasteiger charge is -2.27. The molecule has 1 atom stereocenters. The summed E-state index contributed by atoms with van der Waals surface area (Å²) in [6, 6.07) is 13.3. The molecule has 164 valence electrons. The van der Waals surface area contributed by atoms with Gasteiger partial charge in [-0.3, -0.25) is 9.59 Å². The standard InChI is InChI=1S/C25H30N2O4/c1-18-14-19(2)16-21(15-18)25(29)27-9-3-4-22(27)17-31-23-7-5-20(6-8-23)24(28)26-10-12-30-13-11-26/h5-8,14-16,22H,3-4,9-13,17H2,1-2H3/t22-/m0/s1. The number of rotatable bonds is 5. The topological polar surface area (TPSA) is 59.1 Å². The molecule has 0 aliphatic carbocycles. The molecular weight excluding hydrogens is 392 g/mol. The van der Waals surface area contributed by atoms with Gasteiger partial charge in [0.1, 0.15) is 12.4 Å². The predicted molar refractivity (Wildman–Crippen MR) is 119 cm³/mol. The summed E-state index contributed by atoms with van der Waals surface area (Å²) in [5.74, 6) is 0.810. The van der Waals surface area contributed by atoms with Crippen molar-refractivity contribution < 1.29 is 19.1 Å². The van der Waals surface area contributed by atoms with Crippen LogP contribution in [0.25, 0.3) is 0 Å². The van der Waals surface area contributed by atoms with Gasteiger partial charge < -0.3 is 19.3 Å². The van der Waals surface area contributed by atoms with E-state index in [9.17, 15) is 9.59 Å². The summed E-state index contributed by atoms with van der Waals surface area (Å²) in [5.41, 5.74) is 3.60. The Morgan fingerprint density at radius 1 is 0.935 bits per heavy atom. The van der Waals surface area contributed by atoms with Crippen molar-refractivity contribution in [2.75, 3.05) is 39.5 Å². The number of carbonyl (C=O) groups excluding carboxylic acids is 2. The van der Waals surface area contributed by atoms with E-state index >= 15 is 0 Å². The van der Waals surface area contributed by atoms with Gasteiger partial charge in [-0.05, 0) is 63.1 Å². The van der Waals surface area contributed by atoms with Crippen LogP contribution < -0.4 is 4.74 Å². The predicted octanol–water partition coefficient (Wildman–Crippen LogP) is 3.46. The Morgan fingerprint density at radius 3 is 2.29 bits per heavy atom. The van der Waals surface area contributed by atoms with Crippen molar-refractivity contribution >= 4 is 11.8 Å². The Labute approximate surface area is 183 Å². The number of hydrogen-bond acceptors (Lipinski definition) is 4. The van der Waals surface area contributed by atoms with Crippen LogP contribution in [-0.2, 0) is 4.74 Å². The number of hydrogen-bond donors (Lipinski definition) is 0. The second-order valence-electron chi connectivity index (χ2n) is 8.41. The van der Waals surface area contributed by atoms with E-state index in [0.717, 1.165) is 36.1 Å². The largest absolute Gasteiger partial charge is 0.491 e. The molecule has 2 amide bonds. The highest BCUT2D eigenvalue weighted by Gasteiger charge is 2.30. The van der Waals surface area contributed by atoms with E-state index in [4.69, 9.17) is 9.47 Å². The number of carbonyl (C=O) groups is 2. The molecule has 2 heterocycles. The number of likely N-dealkylation sites (tertiary alicyclic amines) is 1. The van der Waals surface area contributed by atoms with E-state index in [-0.39, 0.29) is 17.9 Å². The summed E-state index contributed by atoms with van der Waals surface area (Å²) >= 11 is 0. The average Bonchev–Trinajstić information content (AvgIpc) is 3.25. The normalized spacial score (nSPS) is 18.8. The molecule has 2 aliphatic heterocycles. The van der Waals surface area contributed by atoms with Crippen LogP contribution in [0.2, 0.25) is 0 Å². The second kappa shape index (κ2) is 9.52. The van der Waals surface area contributed by atoms with Gasteiger partial charge in [-0.15, -0.1) is 0 Å². The molecule has 0 aromatic heterocycles. The Bertz CT molecular complexity index is 915. The quantitative estimate of drug-likeness (QED) is 0.741. The first-order valence-electron chi connectivity index (χ1n) is 11.0. The fourth-order valence-electron chi connectivity index (χ4n) is 4.38. The van der Waals surface area contributed by atoms with Gasteiger partial charge in [-0.25, -0.2) is 0 Å². The Hall–Kier alpha value is -2.86. The molecule has 2 aromatic carbocycles. The van der Waals surface area contributed by atoms with Crippen molar-refractivity contribution in [2.24, 2.45) is 0 Å². The lowest BCUT2D eigenvalue weighted by Crippen LogP contribution is -2.40. The SMILES string of the molecule is Cc1cc(C)cc(C(=O)N2CCC[C@H]2COc2ccc(C(=O)N3CCOCC3)cc2)c1. The van der Waals surface area contributed by atoms with Gasteiger partial charge in [0.25, 0.3) is 11.8 Å². The molecule has 0 N–H and O–H groups in total. The minimum Gasteiger partial charge on any atom is -0.491 e. The molecule has 2 saturated heterocycles. The molecule has 2 aliphatic rings. The average molecular weight is 423 g/mol. The van der Waals surface area contributed by atoms with Crippen molar-refractivity contribution in [3.05, 3.63) is 64.7 Å². The van der Waals surface area contributed by atoms with Crippen molar-refractivity contribution in [1.29, 1.82) is 0 Å². The molecule has 0 spiro atoms. The van der Waals surface area contributed by atoms with E-state index in [1.165, 1.54) is 0 Å². The molecule has 31 heavy (non-hydrogen) atoms. The van der Waals surface area contributed by atoms with Gasteiger partial charge in [0.15, 0.2) is 0 Å². The summed E-state index contributed by atoms with van der Waals surface area (Å²) in [7, 11) is 0. The minimum absolute atomic E-state index is 0.0239. The van der Waals surface area contributed by atoms with Crippen molar-refractivity contribution in [3.63, 3.8) is 0 Å². The number of nitrogens with zero attached hydrogens (tertiary/aromatic N) is 2. The summed E-state index contributed by atoms with van der Waals surface area (Å²) in [6.07, 6.45) is 1.92. The zero-order valence-corrected chi connectivity index (χ0v) is 18.3. The Kier molecular flexibility index (Phi) is 6.56. The third-order valence-corrected chi connectivity index (χ3v) is 5.95. The molecule has 6 heteroatoms. The van der Waals surface area contributed by atoms with Crippen LogP contribution in [0.5, 0.6) is 5.75 Å². The number of aryl methyl sites for hydroxylation is 2. The van der Waals surface area contributed by atoms with E-state index in [0.29, 0.717) is 44.2 Å². The Morgan fingerprint density at radius 2 is 1.61 bits per heavy atom. The van der Waals surface area contributed by atoms with Crippen LogP contribution in [0.3, 0.4) is 0 Å². The van der Waals surface area contributed by atoms with Gasteiger partial charge >= 0.3 is 0 Å². The summed E-state index contributed by atoms with van der Waals surface area (Å²) in [6.45, 7) is 7.67. The van der Waals surface area contributed by atoms with Crippen LogP contribution >= 0.6 is 0 Å². The monoisotopic (exact) mass is 422 g/mol. The third kappa shape index (κ3) is 5.07. The number of morpholine rings is 1.